The SMILES string of the molecule is CCCNc1ncc(Cl)c(N(C)c2ccc(F)cc2)n1. The molecule has 0 spiro atoms. The van der Waals surface area contributed by atoms with Gasteiger partial charge in [0.05, 0.1) is 6.20 Å². The van der Waals surface area contributed by atoms with Gasteiger partial charge in [-0.2, -0.15) is 4.98 Å². The maximum atomic E-state index is 13.0. The first-order valence-electron chi connectivity index (χ1n) is 6.37. The molecule has 6 heteroatoms. The second-order valence-electron chi connectivity index (χ2n) is 4.33. The Morgan fingerprint density at radius 2 is 2.00 bits per heavy atom. The fraction of sp³-hybridized carbons (Fsp3) is 0.286. The Morgan fingerprint density at radius 3 is 2.65 bits per heavy atom. The minimum atomic E-state index is -0.277. The van der Waals surface area contributed by atoms with Gasteiger partial charge >= 0.3 is 0 Å². The number of rotatable bonds is 5. The summed E-state index contributed by atoms with van der Waals surface area (Å²) in [5.74, 6) is 0.827. The summed E-state index contributed by atoms with van der Waals surface area (Å²) in [6.45, 7) is 2.86. The van der Waals surface area contributed by atoms with Gasteiger partial charge in [0.15, 0.2) is 5.82 Å². The number of halogens is 2. The van der Waals surface area contributed by atoms with Gasteiger partial charge < -0.3 is 10.2 Å². The van der Waals surface area contributed by atoms with Gasteiger partial charge in [0, 0.05) is 19.3 Å². The minimum absolute atomic E-state index is 0.277. The Balaban J connectivity index is 2.28. The summed E-state index contributed by atoms with van der Waals surface area (Å²) in [5, 5.41) is 3.55. The van der Waals surface area contributed by atoms with Gasteiger partial charge in [-0.25, -0.2) is 9.37 Å². The van der Waals surface area contributed by atoms with Crippen LogP contribution in [0.25, 0.3) is 0 Å². The van der Waals surface area contributed by atoms with Crippen LogP contribution in [0.15, 0.2) is 30.5 Å². The summed E-state index contributed by atoms with van der Waals surface area (Å²) >= 11 is 6.14. The first-order chi connectivity index (χ1) is 9.61. The van der Waals surface area contributed by atoms with Crippen LogP contribution >= 0.6 is 11.6 Å². The van der Waals surface area contributed by atoms with Crippen LogP contribution in [0.5, 0.6) is 0 Å². The van der Waals surface area contributed by atoms with Crippen LogP contribution in [0, 0.1) is 5.82 Å². The molecule has 4 nitrogen and oxygen atoms in total. The lowest BCUT2D eigenvalue weighted by atomic mass is 10.3. The molecule has 0 atom stereocenters. The molecule has 0 bridgehead atoms. The van der Waals surface area contributed by atoms with Gasteiger partial charge in [0.2, 0.25) is 5.95 Å². The van der Waals surface area contributed by atoms with Crippen molar-refractivity contribution in [3.63, 3.8) is 0 Å². The molecule has 1 aromatic heterocycles. The van der Waals surface area contributed by atoms with E-state index in [2.05, 4.69) is 22.2 Å². The number of nitrogens with one attached hydrogen (secondary N) is 1. The molecule has 0 amide bonds. The average Bonchev–Trinajstić information content (AvgIpc) is 2.46. The zero-order chi connectivity index (χ0) is 14.5. The van der Waals surface area contributed by atoms with Crippen molar-refractivity contribution in [2.24, 2.45) is 0 Å². The van der Waals surface area contributed by atoms with Gasteiger partial charge in [0.1, 0.15) is 10.8 Å². The summed E-state index contributed by atoms with van der Waals surface area (Å²) in [5.41, 5.74) is 0.799. The Kier molecular flexibility index (Phi) is 4.74. The van der Waals surface area contributed by atoms with E-state index in [1.807, 2.05) is 7.05 Å². The quantitative estimate of drug-likeness (QED) is 0.909. The van der Waals surface area contributed by atoms with Crippen LogP contribution < -0.4 is 10.2 Å². The molecule has 1 heterocycles. The molecule has 0 unspecified atom stereocenters. The molecular weight excluding hydrogens is 279 g/mol. The van der Waals surface area contributed by atoms with Crippen molar-refractivity contribution in [1.82, 2.24) is 9.97 Å². The van der Waals surface area contributed by atoms with Crippen LogP contribution in [0.4, 0.5) is 21.8 Å². The van der Waals surface area contributed by atoms with E-state index in [4.69, 9.17) is 11.6 Å². The predicted octanol–water partition coefficient (Wildman–Crippen LogP) is 3.86. The number of anilines is 3. The smallest absolute Gasteiger partial charge is 0.224 e. The molecule has 2 rings (SSSR count). The third kappa shape index (κ3) is 3.36. The summed E-state index contributed by atoms with van der Waals surface area (Å²) in [7, 11) is 1.82. The standard InChI is InChI=1S/C14H16ClFN4/c1-3-8-17-14-18-9-12(15)13(19-14)20(2)11-6-4-10(16)5-7-11/h4-7,9H,3,8H2,1-2H3,(H,17,18,19). The van der Waals surface area contributed by atoms with Gasteiger partial charge in [-0.05, 0) is 30.7 Å². The Morgan fingerprint density at radius 1 is 1.30 bits per heavy atom. The van der Waals surface area contributed by atoms with E-state index in [0.29, 0.717) is 16.8 Å². The number of nitrogens with zero attached hydrogens (tertiary/aromatic N) is 3. The highest BCUT2D eigenvalue weighted by Crippen LogP contribution is 2.28. The number of aromatic nitrogens is 2. The van der Waals surface area contributed by atoms with Crippen molar-refractivity contribution in [3.05, 3.63) is 41.3 Å². The first kappa shape index (κ1) is 14.5. The maximum Gasteiger partial charge on any atom is 0.224 e. The van der Waals surface area contributed by atoms with E-state index in [1.54, 1.807) is 23.2 Å². The predicted molar refractivity (Wildman–Crippen MR) is 80.3 cm³/mol. The highest BCUT2D eigenvalue weighted by atomic mass is 35.5. The zero-order valence-corrected chi connectivity index (χ0v) is 12.2. The fourth-order valence-corrected chi connectivity index (χ4v) is 1.92. The Bertz CT molecular complexity index is 574. The van der Waals surface area contributed by atoms with Crippen molar-refractivity contribution >= 4 is 29.1 Å². The molecule has 0 aliphatic heterocycles. The van der Waals surface area contributed by atoms with E-state index in [1.165, 1.54) is 12.1 Å². The fourth-order valence-electron chi connectivity index (χ4n) is 1.70. The number of hydrogen-bond donors (Lipinski definition) is 1. The van der Waals surface area contributed by atoms with Crippen molar-refractivity contribution in [2.45, 2.75) is 13.3 Å². The molecule has 0 radical (unpaired) electrons. The van der Waals surface area contributed by atoms with Crippen LogP contribution in [0.1, 0.15) is 13.3 Å². The normalized spacial score (nSPS) is 10.4. The van der Waals surface area contributed by atoms with E-state index in [0.717, 1.165) is 18.7 Å². The van der Waals surface area contributed by atoms with Crippen LogP contribution in [0.3, 0.4) is 0 Å². The van der Waals surface area contributed by atoms with Crippen molar-refractivity contribution < 1.29 is 4.39 Å². The average molecular weight is 295 g/mol. The lowest BCUT2D eigenvalue weighted by molar-refractivity contribution is 0.628. The second-order valence-corrected chi connectivity index (χ2v) is 4.73. The zero-order valence-electron chi connectivity index (χ0n) is 11.4. The molecule has 1 aromatic carbocycles. The van der Waals surface area contributed by atoms with Gasteiger partial charge in [-0.3, -0.25) is 0 Å². The molecule has 0 saturated heterocycles. The highest BCUT2D eigenvalue weighted by Gasteiger charge is 2.12. The van der Waals surface area contributed by atoms with E-state index < -0.39 is 0 Å². The Hall–Kier alpha value is -1.88. The Labute approximate surface area is 122 Å². The number of hydrogen-bond acceptors (Lipinski definition) is 4. The lowest BCUT2D eigenvalue weighted by Crippen LogP contribution is -2.14. The second kappa shape index (κ2) is 6.52. The summed E-state index contributed by atoms with van der Waals surface area (Å²) in [6, 6.07) is 6.15. The molecule has 20 heavy (non-hydrogen) atoms. The van der Waals surface area contributed by atoms with Crippen molar-refractivity contribution in [1.29, 1.82) is 0 Å². The highest BCUT2D eigenvalue weighted by molar-refractivity contribution is 6.33. The molecule has 1 N–H and O–H groups in total. The lowest BCUT2D eigenvalue weighted by Gasteiger charge is -2.20. The van der Waals surface area contributed by atoms with Crippen molar-refractivity contribution in [3.8, 4) is 0 Å². The molecular formula is C14H16ClFN4. The monoisotopic (exact) mass is 294 g/mol. The maximum absolute atomic E-state index is 13.0. The van der Waals surface area contributed by atoms with E-state index in [9.17, 15) is 4.39 Å². The molecule has 0 saturated carbocycles. The molecule has 0 fully saturated rings. The van der Waals surface area contributed by atoms with E-state index in [-0.39, 0.29) is 5.82 Å². The molecule has 0 aliphatic rings. The minimum Gasteiger partial charge on any atom is -0.354 e. The van der Waals surface area contributed by atoms with Crippen molar-refractivity contribution in [2.75, 3.05) is 23.8 Å². The van der Waals surface area contributed by atoms with Gasteiger partial charge in [-0.1, -0.05) is 18.5 Å². The summed E-state index contributed by atoms with van der Waals surface area (Å²) < 4.78 is 13.0. The molecule has 2 aromatic rings. The molecule has 0 aliphatic carbocycles. The van der Waals surface area contributed by atoms with Gasteiger partial charge in [0.25, 0.3) is 0 Å². The largest absolute Gasteiger partial charge is 0.354 e. The summed E-state index contributed by atoms with van der Waals surface area (Å²) in [6.07, 6.45) is 2.54. The van der Waals surface area contributed by atoms with Crippen LogP contribution in [-0.4, -0.2) is 23.6 Å². The van der Waals surface area contributed by atoms with Gasteiger partial charge in [-0.15, -0.1) is 0 Å². The number of benzene rings is 1. The topological polar surface area (TPSA) is 41.1 Å². The molecule has 106 valence electrons. The first-order valence-corrected chi connectivity index (χ1v) is 6.75. The summed E-state index contributed by atoms with van der Waals surface area (Å²) in [4.78, 5) is 10.3. The van der Waals surface area contributed by atoms with E-state index >= 15 is 0 Å². The third-order valence-electron chi connectivity index (χ3n) is 2.79. The van der Waals surface area contributed by atoms with Crippen LogP contribution in [0.2, 0.25) is 5.02 Å². The van der Waals surface area contributed by atoms with Crippen LogP contribution in [-0.2, 0) is 0 Å². The third-order valence-corrected chi connectivity index (χ3v) is 3.06.